The highest BCUT2D eigenvalue weighted by Crippen LogP contribution is 2.24. The number of nitrogens with zero attached hydrogens (tertiary/aromatic N) is 2. The molecule has 1 aromatic rings. The summed E-state index contributed by atoms with van der Waals surface area (Å²) in [5.41, 5.74) is 0.00174. The molecule has 0 atom stereocenters. The Balaban J connectivity index is 1.84. The van der Waals surface area contributed by atoms with E-state index >= 15 is 0 Å². The van der Waals surface area contributed by atoms with Crippen molar-refractivity contribution < 1.29 is 27.5 Å². The van der Waals surface area contributed by atoms with Gasteiger partial charge in [0, 0.05) is 38.7 Å². The van der Waals surface area contributed by atoms with Crippen LogP contribution in [-0.4, -0.2) is 68.6 Å². The predicted octanol–water partition coefficient (Wildman–Crippen LogP) is 1.69. The van der Waals surface area contributed by atoms with Gasteiger partial charge in [0.15, 0.2) is 0 Å². The van der Waals surface area contributed by atoms with Crippen LogP contribution in [0.4, 0.5) is 4.79 Å². The molecule has 1 fully saturated rings. The number of carbonyl (C=O) groups excluding carboxylic acids is 2. The summed E-state index contributed by atoms with van der Waals surface area (Å²) < 4.78 is 37.7. The van der Waals surface area contributed by atoms with Gasteiger partial charge in [-0.2, -0.15) is 4.31 Å². The third-order valence-electron chi connectivity index (χ3n) is 4.72. The molecule has 1 aliphatic heterocycles. The molecule has 0 bridgehead atoms. The summed E-state index contributed by atoms with van der Waals surface area (Å²) in [6.07, 6.45) is 1.66. The van der Waals surface area contributed by atoms with E-state index in [1.165, 1.54) is 22.6 Å². The first-order valence-corrected chi connectivity index (χ1v) is 11.8. The Labute approximate surface area is 189 Å². The van der Waals surface area contributed by atoms with Crippen molar-refractivity contribution in [3.8, 4) is 5.88 Å². The summed E-state index contributed by atoms with van der Waals surface area (Å²) in [7, 11) is -2.12. The summed E-state index contributed by atoms with van der Waals surface area (Å²) in [5, 5.41) is 5.19. The molecule has 1 saturated heterocycles. The Bertz CT molecular complexity index is 917. The number of sulfonamides is 1. The molecule has 2 amide bonds. The van der Waals surface area contributed by atoms with E-state index < -0.39 is 21.7 Å². The minimum Gasteiger partial charge on any atom is -0.473 e. The molecule has 2 rings (SSSR count). The van der Waals surface area contributed by atoms with E-state index in [4.69, 9.17) is 9.47 Å². The second-order valence-electron chi connectivity index (χ2n) is 8.52. The average Bonchev–Trinajstić information content (AvgIpc) is 2.75. The second-order valence-corrected chi connectivity index (χ2v) is 10.5. The van der Waals surface area contributed by atoms with Crippen LogP contribution in [0.2, 0.25) is 0 Å². The van der Waals surface area contributed by atoms with Gasteiger partial charge in [-0.3, -0.25) is 4.79 Å². The summed E-state index contributed by atoms with van der Waals surface area (Å²) in [5.74, 6) is 0.00653. The quantitative estimate of drug-likeness (QED) is 0.556. The number of amides is 2. The molecular formula is C21H32N4O6S. The molecule has 1 aliphatic rings. The summed E-state index contributed by atoms with van der Waals surface area (Å²) in [6.45, 7) is 9.97. The second kappa shape index (κ2) is 10.8. The van der Waals surface area contributed by atoms with Crippen LogP contribution in [0, 0.1) is 5.92 Å². The lowest BCUT2D eigenvalue weighted by atomic mass is 9.97. The van der Waals surface area contributed by atoms with Gasteiger partial charge in [0.05, 0.1) is 6.20 Å². The monoisotopic (exact) mass is 468 g/mol. The standard InChI is InChI=1S/C21H32N4O6S/c1-15(12-24-20(27)31-21(2,3)4)14-30-18-7-6-17(13-23-18)32(28,29)25-10-8-16(9-11-25)19(26)22-5/h6-7,13,16H,1,8-12,14H2,2-5H3,(H,22,26)(H,24,27). The predicted molar refractivity (Wildman–Crippen MR) is 119 cm³/mol. The molecule has 178 valence electrons. The van der Waals surface area contributed by atoms with Gasteiger partial charge in [-0.15, -0.1) is 0 Å². The van der Waals surface area contributed by atoms with E-state index in [1.807, 2.05) is 0 Å². The third-order valence-corrected chi connectivity index (χ3v) is 6.61. The number of carbonyl (C=O) groups is 2. The number of hydrogen-bond donors (Lipinski definition) is 2. The molecule has 1 aromatic heterocycles. The Hall–Kier alpha value is -2.66. The Kier molecular flexibility index (Phi) is 8.62. The van der Waals surface area contributed by atoms with Gasteiger partial charge in [0.2, 0.25) is 21.8 Å². The minimum absolute atomic E-state index is 0.0619. The highest BCUT2D eigenvalue weighted by atomic mass is 32.2. The van der Waals surface area contributed by atoms with Crippen molar-refractivity contribution in [2.75, 3.05) is 33.3 Å². The highest BCUT2D eigenvalue weighted by Gasteiger charge is 2.32. The molecule has 0 spiro atoms. The zero-order valence-corrected chi connectivity index (χ0v) is 19.8. The molecule has 2 N–H and O–H groups in total. The number of piperidine rings is 1. The first kappa shape index (κ1) is 25.6. The molecule has 11 heteroatoms. The summed E-state index contributed by atoms with van der Waals surface area (Å²) in [6, 6.07) is 2.91. The van der Waals surface area contributed by atoms with Crippen LogP contribution in [0.5, 0.6) is 5.88 Å². The van der Waals surface area contributed by atoms with Gasteiger partial charge in [0.25, 0.3) is 0 Å². The largest absolute Gasteiger partial charge is 0.473 e. The molecule has 32 heavy (non-hydrogen) atoms. The van der Waals surface area contributed by atoms with Crippen molar-refractivity contribution in [3.05, 3.63) is 30.5 Å². The van der Waals surface area contributed by atoms with Crippen molar-refractivity contribution in [2.24, 2.45) is 5.92 Å². The molecule has 0 saturated carbocycles. The van der Waals surface area contributed by atoms with E-state index in [0.29, 0.717) is 18.4 Å². The van der Waals surface area contributed by atoms with Crippen molar-refractivity contribution in [3.63, 3.8) is 0 Å². The lowest BCUT2D eigenvalue weighted by molar-refractivity contribution is -0.125. The van der Waals surface area contributed by atoms with Crippen molar-refractivity contribution in [2.45, 2.75) is 44.1 Å². The van der Waals surface area contributed by atoms with Gasteiger partial charge < -0.3 is 20.1 Å². The van der Waals surface area contributed by atoms with Crippen LogP contribution < -0.4 is 15.4 Å². The van der Waals surface area contributed by atoms with Crippen LogP contribution in [0.3, 0.4) is 0 Å². The Morgan fingerprint density at radius 2 is 1.91 bits per heavy atom. The van der Waals surface area contributed by atoms with E-state index in [0.717, 1.165) is 0 Å². The van der Waals surface area contributed by atoms with Crippen LogP contribution >= 0.6 is 0 Å². The number of nitrogens with one attached hydrogen (secondary N) is 2. The first-order valence-electron chi connectivity index (χ1n) is 10.4. The fourth-order valence-electron chi connectivity index (χ4n) is 3.05. The third kappa shape index (κ3) is 7.49. The van der Waals surface area contributed by atoms with Crippen LogP contribution in [0.25, 0.3) is 0 Å². The maximum absolute atomic E-state index is 12.8. The minimum atomic E-state index is -3.69. The molecule has 0 unspecified atom stereocenters. The van der Waals surface area contributed by atoms with Gasteiger partial charge in [-0.05, 0) is 45.3 Å². The topological polar surface area (TPSA) is 127 Å². The maximum atomic E-state index is 12.8. The molecule has 0 radical (unpaired) electrons. The number of pyridine rings is 1. The van der Waals surface area contributed by atoms with Crippen LogP contribution in [0.15, 0.2) is 35.4 Å². The van der Waals surface area contributed by atoms with Gasteiger partial charge in [-0.25, -0.2) is 18.2 Å². The van der Waals surface area contributed by atoms with Crippen LogP contribution in [-0.2, 0) is 19.6 Å². The molecule has 0 aromatic carbocycles. The van der Waals surface area contributed by atoms with E-state index in [9.17, 15) is 18.0 Å². The highest BCUT2D eigenvalue weighted by molar-refractivity contribution is 7.89. The Morgan fingerprint density at radius 3 is 2.44 bits per heavy atom. The fourth-order valence-corrected chi connectivity index (χ4v) is 4.47. The Morgan fingerprint density at radius 1 is 1.25 bits per heavy atom. The average molecular weight is 469 g/mol. The molecule has 10 nitrogen and oxygen atoms in total. The fraction of sp³-hybridized carbons (Fsp3) is 0.571. The lowest BCUT2D eigenvalue weighted by Gasteiger charge is -2.30. The number of rotatable bonds is 8. The smallest absolute Gasteiger partial charge is 0.407 e. The van der Waals surface area contributed by atoms with Gasteiger partial charge in [-0.1, -0.05) is 6.58 Å². The zero-order valence-electron chi connectivity index (χ0n) is 19.0. The first-order chi connectivity index (χ1) is 14.9. The van der Waals surface area contributed by atoms with Crippen LogP contribution in [0.1, 0.15) is 33.6 Å². The number of hydrogen-bond acceptors (Lipinski definition) is 7. The SMILES string of the molecule is C=C(CNC(=O)OC(C)(C)C)COc1ccc(S(=O)(=O)N2CCC(C(=O)NC)CC2)cn1. The molecule has 0 aliphatic carbocycles. The van der Waals surface area contributed by atoms with Gasteiger partial charge >= 0.3 is 6.09 Å². The van der Waals surface area contributed by atoms with E-state index in [-0.39, 0.29) is 48.8 Å². The van der Waals surface area contributed by atoms with Gasteiger partial charge in [0.1, 0.15) is 17.1 Å². The van der Waals surface area contributed by atoms with Crippen molar-refractivity contribution in [1.82, 2.24) is 19.9 Å². The maximum Gasteiger partial charge on any atom is 0.407 e. The van der Waals surface area contributed by atoms with E-state index in [2.05, 4.69) is 22.2 Å². The van der Waals surface area contributed by atoms with Crippen molar-refractivity contribution in [1.29, 1.82) is 0 Å². The number of ether oxygens (including phenoxy) is 2. The number of aromatic nitrogens is 1. The van der Waals surface area contributed by atoms with Crippen molar-refractivity contribution >= 4 is 22.0 Å². The number of alkyl carbamates (subject to hydrolysis) is 1. The molecule has 2 heterocycles. The lowest BCUT2D eigenvalue weighted by Crippen LogP contribution is -2.42. The van der Waals surface area contributed by atoms with E-state index in [1.54, 1.807) is 27.8 Å². The normalized spacial score (nSPS) is 15.6. The summed E-state index contributed by atoms with van der Waals surface area (Å²) >= 11 is 0. The zero-order chi connectivity index (χ0) is 23.9. The molecular weight excluding hydrogens is 436 g/mol. The summed E-state index contributed by atoms with van der Waals surface area (Å²) in [4.78, 5) is 27.5.